The molecular formula is C18H33NO. The molecule has 0 aromatic heterocycles. The van der Waals surface area contributed by atoms with E-state index in [2.05, 4.69) is 6.92 Å². The van der Waals surface area contributed by atoms with Crippen LogP contribution in [0.4, 0.5) is 0 Å². The van der Waals surface area contributed by atoms with Crippen LogP contribution in [0.2, 0.25) is 0 Å². The lowest BCUT2D eigenvalue weighted by atomic mass is 9.64. The lowest BCUT2D eigenvalue weighted by Gasteiger charge is -2.48. The van der Waals surface area contributed by atoms with Gasteiger partial charge in [0.05, 0.1) is 5.60 Å². The van der Waals surface area contributed by atoms with Crippen molar-refractivity contribution in [2.45, 2.75) is 76.7 Å². The van der Waals surface area contributed by atoms with Gasteiger partial charge in [-0.1, -0.05) is 32.6 Å². The smallest absolute Gasteiger partial charge is 0.0685 e. The van der Waals surface area contributed by atoms with E-state index in [1.807, 2.05) is 0 Å². The molecule has 2 N–H and O–H groups in total. The molecule has 0 bridgehead atoms. The zero-order valence-corrected chi connectivity index (χ0v) is 13.3. The zero-order valence-electron chi connectivity index (χ0n) is 13.3. The van der Waals surface area contributed by atoms with Crippen molar-refractivity contribution in [2.24, 2.45) is 29.4 Å². The third-order valence-corrected chi connectivity index (χ3v) is 6.51. The summed E-state index contributed by atoms with van der Waals surface area (Å²) in [5, 5.41) is 0. The maximum atomic E-state index is 6.29. The van der Waals surface area contributed by atoms with Crippen molar-refractivity contribution < 1.29 is 4.74 Å². The van der Waals surface area contributed by atoms with E-state index < -0.39 is 0 Å². The molecule has 1 aliphatic heterocycles. The SMILES string of the molecule is CC1CCC(CN)C(C2CCOC3(CCCCC3)C2)C1. The summed E-state index contributed by atoms with van der Waals surface area (Å²) in [6, 6.07) is 0. The van der Waals surface area contributed by atoms with E-state index in [9.17, 15) is 0 Å². The van der Waals surface area contributed by atoms with Gasteiger partial charge in [0.25, 0.3) is 0 Å². The number of nitrogens with two attached hydrogens (primary N) is 1. The second-order valence-electron chi connectivity index (χ2n) is 7.92. The first-order chi connectivity index (χ1) is 9.72. The monoisotopic (exact) mass is 279 g/mol. The van der Waals surface area contributed by atoms with E-state index in [-0.39, 0.29) is 5.60 Å². The molecule has 2 saturated carbocycles. The van der Waals surface area contributed by atoms with Gasteiger partial charge in [0.2, 0.25) is 0 Å². The van der Waals surface area contributed by atoms with Crippen LogP contribution >= 0.6 is 0 Å². The van der Waals surface area contributed by atoms with Gasteiger partial charge in [-0.15, -0.1) is 0 Å². The van der Waals surface area contributed by atoms with Gasteiger partial charge in [0.1, 0.15) is 0 Å². The third-order valence-electron chi connectivity index (χ3n) is 6.51. The van der Waals surface area contributed by atoms with E-state index in [4.69, 9.17) is 10.5 Å². The maximum absolute atomic E-state index is 6.29. The van der Waals surface area contributed by atoms with Crippen molar-refractivity contribution >= 4 is 0 Å². The second-order valence-corrected chi connectivity index (χ2v) is 7.92. The van der Waals surface area contributed by atoms with Crippen molar-refractivity contribution in [1.82, 2.24) is 0 Å². The molecule has 1 saturated heterocycles. The molecule has 1 spiro atoms. The summed E-state index contributed by atoms with van der Waals surface area (Å²) >= 11 is 0. The summed E-state index contributed by atoms with van der Waals surface area (Å²) in [7, 11) is 0. The van der Waals surface area contributed by atoms with E-state index in [1.54, 1.807) is 0 Å². The molecule has 4 atom stereocenters. The molecule has 1 heterocycles. The summed E-state index contributed by atoms with van der Waals surface area (Å²) in [6.45, 7) is 4.35. The largest absolute Gasteiger partial charge is 0.375 e. The molecular weight excluding hydrogens is 246 g/mol. The van der Waals surface area contributed by atoms with Gasteiger partial charge in [-0.25, -0.2) is 0 Å². The molecule has 2 aliphatic carbocycles. The molecule has 0 aromatic rings. The number of hydrogen-bond acceptors (Lipinski definition) is 2. The van der Waals surface area contributed by atoms with Gasteiger partial charge in [-0.2, -0.15) is 0 Å². The van der Waals surface area contributed by atoms with Crippen LogP contribution in [0.15, 0.2) is 0 Å². The van der Waals surface area contributed by atoms with Gasteiger partial charge in [-0.3, -0.25) is 0 Å². The molecule has 0 aromatic carbocycles. The first-order valence-corrected chi connectivity index (χ1v) is 9.06. The van der Waals surface area contributed by atoms with Crippen molar-refractivity contribution in [3.05, 3.63) is 0 Å². The molecule has 116 valence electrons. The molecule has 3 aliphatic rings. The lowest BCUT2D eigenvalue weighted by molar-refractivity contribution is -0.131. The average Bonchev–Trinajstić information content (AvgIpc) is 2.48. The van der Waals surface area contributed by atoms with Crippen LogP contribution in [0.25, 0.3) is 0 Å². The fourth-order valence-corrected chi connectivity index (χ4v) is 5.33. The average molecular weight is 279 g/mol. The molecule has 3 fully saturated rings. The molecule has 3 rings (SSSR count). The van der Waals surface area contributed by atoms with E-state index >= 15 is 0 Å². The highest BCUT2D eigenvalue weighted by molar-refractivity contribution is 4.94. The summed E-state index contributed by atoms with van der Waals surface area (Å²) in [5.41, 5.74) is 6.35. The van der Waals surface area contributed by atoms with Gasteiger partial charge < -0.3 is 10.5 Å². The van der Waals surface area contributed by atoms with Crippen LogP contribution in [0, 0.1) is 23.7 Å². The van der Waals surface area contributed by atoms with Gasteiger partial charge in [0, 0.05) is 6.61 Å². The fraction of sp³-hybridized carbons (Fsp3) is 1.00. The van der Waals surface area contributed by atoms with Crippen molar-refractivity contribution in [2.75, 3.05) is 13.2 Å². The minimum atomic E-state index is 0.265. The molecule has 2 heteroatoms. The van der Waals surface area contributed by atoms with Crippen molar-refractivity contribution in [1.29, 1.82) is 0 Å². The quantitative estimate of drug-likeness (QED) is 0.825. The Hall–Kier alpha value is -0.0800. The highest BCUT2D eigenvalue weighted by atomic mass is 16.5. The molecule has 0 radical (unpaired) electrons. The summed E-state index contributed by atoms with van der Waals surface area (Å²) in [4.78, 5) is 0. The lowest BCUT2D eigenvalue weighted by Crippen LogP contribution is -2.46. The highest BCUT2D eigenvalue weighted by Crippen LogP contribution is 2.47. The Morgan fingerprint density at radius 2 is 1.90 bits per heavy atom. The topological polar surface area (TPSA) is 35.2 Å². The predicted molar refractivity (Wildman–Crippen MR) is 83.5 cm³/mol. The Balaban J connectivity index is 1.68. The standard InChI is InChI=1S/C18H33NO/c1-14-5-6-16(13-19)17(11-14)15-7-10-20-18(12-15)8-3-2-4-9-18/h14-17H,2-13,19H2,1H3. The first kappa shape index (κ1) is 14.8. The molecule has 20 heavy (non-hydrogen) atoms. The van der Waals surface area contributed by atoms with E-state index in [0.717, 1.165) is 36.8 Å². The minimum Gasteiger partial charge on any atom is -0.375 e. The maximum Gasteiger partial charge on any atom is 0.0685 e. The summed E-state index contributed by atoms with van der Waals surface area (Å²) < 4.78 is 6.29. The second kappa shape index (κ2) is 6.36. The van der Waals surface area contributed by atoms with Crippen LogP contribution in [-0.2, 0) is 4.74 Å². The zero-order chi connectivity index (χ0) is 14.0. The van der Waals surface area contributed by atoms with Crippen molar-refractivity contribution in [3.63, 3.8) is 0 Å². The van der Waals surface area contributed by atoms with Crippen molar-refractivity contribution in [3.8, 4) is 0 Å². The molecule has 0 amide bonds. The molecule has 4 unspecified atom stereocenters. The third kappa shape index (κ3) is 3.06. The summed E-state index contributed by atoms with van der Waals surface area (Å²) in [5.74, 6) is 3.47. The Bertz CT molecular complexity index is 305. The summed E-state index contributed by atoms with van der Waals surface area (Å²) in [6.07, 6.45) is 13.6. The number of rotatable bonds is 2. The van der Waals surface area contributed by atoms with Gasteiger partial charge in [0.15, 0.2) is 0 Å². The van der Waals surface area contributed by atoms with E-state index in [0.29, 0.717) is 0 Å². The van der Waals surface area contributed by atoms with Crippen LogP contribution in [0.3, 0.4) is 0 Å². The Morgan fingerprint density at radius 1 is 1.10 bits per heavy atom. The fourth-order valence-electron chi connectivity index (χ4n) is 5.33. The molecule has 2 nitrogen and oxygen atoms in total. The van der Waals surface area contributed by atoms with Gasteiger partial charge >= 0.3 is 0 Å². The van der Waals surface area contributed by atoms with Crippen LogP contribution in [0.5, 0.6) is 0 Å². The Kier molecular flexibility index (Phi) is 4.72. The predicted octanol–water partition coefficient (Wildman–Crippen LogP) is 4.13. The Morgan fingerprint density at radius 3 is 2.65 bits per heavy atom. The van der Waals surface area contributed by atoms with Crippen LogP contribution in [-0.4, -0.2) is 18.8 Å². The minimum absolute atomic E-state index is 0.265. The van der Waals surface area contributed by atoms with Crippen LogP contribution in [0.1, 0.15) is 71.1 Å². The number of hydrogen-bond donors (Lipinski definition) is 1. The Labute approximate surface area is 124 Å². The van der Waals surface area contributed by atoms with Crippen LogP contribution < -0.4 is 5.73 Å². The highest BCUT2D eigenvalue weighted by Gasteiger charge is 2.43. The normalized spacial score (nSPS) is 41.7. The van der Waals surface area contributed by atoms with E-state index in [1.165, 1.54) is 64.2 Å². The van der Waals surface area contributed by atoms with Gasteiger partial charge in [-0.05, 0) is 68.7 Å². The number of ether oxygens (including phenoxy) is 1. The first-order valence-electron chi connectivity index (χ1n) is 9.06.